The van der Waals surface area contributed by atoms with Gasteiger partial charge in [-0.15, -0.1) is 0 Å². The lowest BCUT2D eigenvalue weighted by Gasteiger charge is -2.25. The van der Waals surface area contributed by atoms with Crippen molar-refractivity contribution in [2.75, 3.05) is 0 Å². The number of nitrogens with one attached hydrogen (secondary N) is 1. The molecule has 2 atom stereocenters. The van der Waals surface area contributed by atoms with Gasteiger partial charge in [0.25, 0.3) is 0 Å². The number of pyridine rings is 1. The van der Waals surface area contributed by atoms with Crippen molar-refractivity contribution < 1.29 is 13.2 Å². The summed E-state index contributed by atoms with van der Waals surface area (Å²) in [6, 6.07) is 10.8. The maximum Gasteiger partial charge on any atom is 0.407 e. The van der Waals surface area contributed by atoms with E-state index in [0.29, 0.717) is 5.69 Å². The number of halogens is 3. The van der Waals surface area contributed by atoms with Crippen molar-refractivity contribution in [1.29, 1.82) is 0 Å². The molecule has 0 aliphatic heterocycles. The highest BCUT2D eigenvalue weighted by atomic mass is 19.4. The van der Waals surface area contributed by atoms with E-state index >= 15 is 0 Å². The van der Waals surface area contributed by atoms with Crippen LogP contribution in [0.4, 0.5) is 13.2 Å². The molecule has 1 aromatic carbocycles. The van der Waals surface area contributed by atoms with E-state index in [2.05, 4.69) is 10.3 Å². The third-order valence-corrected chi connectivity index (χ3v) is 3.01. The monoisotopic (exact) mass is 280 g/mol. The highest BCUT2D eigenvalue weighted by molar-refractivity contribution is 5.21. The molecule has 0 fully saturated rings. The summed E-state index contributed by atoms with van der Waals surface area (Å²) in [5.41, 5.74) is 0.778. The van der Waals surface area contributed by atoms with Gasteiger partial charge in [-0.05, 0) is 24.6 Å². The summed E-state index contributed by atoms with van der Waals surface area (Å²) in [6.07, 6.45) is -2.79. The first-order valence-corrected chi connectivity index (χ1v) is 6.27. The first kappa shape index (κ1) is 14.5. The van der Waals surface area contributed by atoms with E-state index in [1.807, 2.05) is 0 Å². The van der Waals surface area contributed by atoms with E-state index in [1.165, 1.54) is 12.1 Å². The predicted molar refractivity (Wildman–Crippen MR) is 71.0 cm³/mol. The zero-order valence-electron chi connectivity index (χ0n) is 10.9. The Hall–Kier alpha value is -1.88. The highest BCUT2D eigenvalue weighted by Crippen LogP contribution is 2.34. The molecule has 0 saturated carbocycles. The van der Waals surface area contributed by atoms with Gasteiger partial charge in [0.15, 0.2) is 0 Å². The molecular formula is C15H15F3N2. The smallest absolute Gasteiger partial charge is 0.294 e. The second-order valence-corrected chi connectivity index (χ2v) is 4.53. The quantitative estimate of drug-likeness (QED) is 0.914. The average molecular weight is 280 g/mol. The van der Waals surface area contributed by atoms with Crippen molar-refractivity contribution in [1.82, 2.24) is 10.3 Å². The van der Waals surface area contributed by atoms with Crippen molar-refractivity contribution in [2.24, 2.45) is 0 Å². The number of hydrogen-bond donors (Lipinski definition) is 1. The topological polar surface area (TPSA) is 24.9 Å². The predicted octanol–water partition coefficient (Wildman–Crippen LogP) is 4.04. The van der Waals surface area contributed by atoms with Gasteiger partial charge in [0.1, 0.15) is 6.04 Å². The molecule has 1 aromatic heterocycles. The molecule has 0 saturated heterocycles. The molecule has 1 heterocycles. The van der Waals surface area contributed by atoms with Crippen LogP contribution >= 0.6 is 0 Å². The molecule has 2 unspecified atom stereocenters. The minimum atomic E-state index is -4.36. The molecule has 0 spiro atoms. The first-order valence-electron chi connectivity index (χ1n) is 6.27. The van der Waals surface area contributed by atoms with E-state index in [1.54, 1.807) is 49.5 Å². The largest absolute Gasteiger partial charge is 0.407 e. The number of nitrogens with zero attached hydrogens (tertiary/aromatic N) is 1. The highest BCUT2D eigenvalue weighted by Gasteiger charge is 2.41. The van der Waals surface area contributed by atoms with Gasteiger partial charge in [-0.2, -0.15) is 13.2 Å². The van der Waals surface area contributed by atoms with E-state index in [0.717, 1.165) is 0 Å². The maximum atomic E-state index is 13.2. The Morgan fingerprint density at radius 3 is 2.20 bits per heavy atom. The molecule has 2 rings (SSSR count). The minimum absolute atomic E-state index is 0.197. The molecule has 0 bridgehead atoms. The van der Waals surface area contributed by atoms with Crippen molar-refractivity contribution >= 4 is 0 Å². The number of aromatic nitrogens is 1. The fourth-order valence-electron chi connectivity index (χ4n) is 1.99. The van der Waals surface area contributed by atoms with Crippen LogP contribution in [0, 0.1) is 0 Å². The second kappa shape index (κ2) is 6.05. The Balaban J connectivity index is 2.22. The normalized spacial score (nSPS) is 14.8. The van der Waals surface area contributed by atoms with Crippen LogP contribution in [0.1, 0.15) is 30.3 Å². The van der Waals surface area contributed by atoms with Gasteiger partial charge in [0, 0.05) is 12.2 Å². The molecule has 5 heteroatoms. The van der Waals surface area contributed by atoms with E-state index < -0.39 is 18.3 Å². The van der Waals surface area contributed by atoms with Crippen LogP contribution in [0.5, 0.6) is 0 Å². The second-order valence-electron chi connectivity index (χ2n) is 4.53. The first-order chi connectivity index (χ1) is 9.48. The Morgan fingerprint density at radius 1 is 1.00 bits per heavy atom. The molecular weight excluding hydrogens is 265 g/mol. The summed E-state index contributed by atoms with van der Waals surface area (Å²) >= 11 is 0. The fraction of sp³-hybridized carbons (Fsp3) is 0.267. The van der Waals surface area contributed by atoms with E-state index in [9.17, 15) is 13.2 Å². The van der Waals surface area contributed by atoms with Crippen molar-refractivity contribution in [2.45, 2.75) is 25.2 Å². The van der Waals surface area contributed by atoms with Crippen LogP contribution in [0.2, 0.25) is 0 Å². The standard InChI is InChI=1S/C15H15F3N2/c1-11(13-9-5-6-10-19-13)20-14(15(16,17)18)12-7-3-2-4-8-12/h2-11,14,20H,1H3. The Kier molecular flexibility index (Phi) is 4.39. The third kappa shape index (κ3) is 3.57. The SMILES string of the molecule is CC(NC(c1ccccc1)C(F)(F)F)c1ccccn1. The van der Waals surface area contributed by atoms with Crippen LogP contribution in [-0.4, -0.2) is 11.2 Å². The number of benzene rings is 1. The zero-order chi connectivity index (χ0) is 14.6. The summed E-state index contributed by atoms with van der Waals surface area (Å²) < 4.78 is 39.6. The molecule has 0 amide bonds. The lowest BCUT2D eigenvalue weighted by molar-refractivity contribution is -0.159. The zero-order valence-corrected chi connectivity index (χ0v) is 10.9. The van der Waals surface area contributed by atoms with Gasteiger partial charge in [-0.3, -0.25) is 10.3 Å². The number of alkyl halides is 3. The van der Waals surface area contributed by atoms with E-state index in [4.69, 9.17) is 0 Å². The molecule has 0 aliphatic rings. The van der Waals surface area contributed by atoms with Gasteiger partial charge in [-0.1, -0.05) is 36.4 Å². The maximum absolute atomic E-state index is 13.2. The van der Waals surface area contributed by atoms with Gasteiger partial charge >= 0.3 is 6.18 Å². The average Bonchev–Trinajstić information content (AvgIpc) is 2.45. The van der Waals surface area contributed by atoms with Gasteiger partial charge in [0.2, 0.25) is 0 Å². The van der Waals surface area contributed by atoms with E-state index in [-0.39, 0.29) is 5.56 Å². The van der Waals surface area contributed by atoms with Crippen molar-refractivity contribution in [3.05, 3.63) is 66.0 Å². The summed E-state index contributed by atoms with van der Waals surface area (Å²) in [7, 11) is 0. The molecule has 2 aromatic rings. The lowest BCUT2D eigenvalue weighted by atomic mass is 10.0. The summed E-state index contributed by atoms with van der Waals surface area (Å²) in [4.78, 5) is 4.08. The van der Waals surface area contributed by atoms with Gasteiger partial charge < -0.3 is 0 Å². The van der Waals surface area contributed by atoms with Crippen LogP contribution in [0.25, 0.3) is 0 Å². The van der Waals surface area contributed by atoms with Crippen LogP contribution in [-0.2, 0) is 0 Å². The van der Waals surface area contributed by atoms with Gasteiger partial charge in [0.05, 0.1) is 5.69 Å². The molecule has 106 valence electrons. The fourth-order valence-corrected chi connectivity index (χ4v) is 1.99. The Morgan fingerprint density at radius 2 is 1.65 bits per heavy atom. The summed E-state index contributed by atoms with van der Waals surface area (Å²) in [5, 5.41) is 2.60. The van der Waals surface area contributed by atoms with Crippen LogP contribution in [0.15, 0.2) is 54.7 Å². The Labute approximate surface area is 115 Å². The molecule has 2 nitrogen and oxygen atoms in total. The van der Waals surface area contributed by atoms with Crippen LogP contribution < -0.4 is 5.32 Å². The molecule has 0 aliphatic carbocycles. The van der Waals surface area contributed by atoms with Gasteiger partial charge in [-0.25, -0.2) is 0 Å². The summed E-state index contributed by atoms with van der Waals surface area (Å²) in [6.45, 7) is 1.67. The third-order valence-electron chi connectivity index (χ3n) is 3.01. The Bertz CT molecular complexity index is 526. The lowest BCUT2D eigenvalue weighted by Crippen LogP contribution is -2.36. The van der Waals surface area contributed by atoms with Crippen molar-refractivity contribution in [3.63, 3.8) is 0 Å². The molecule has 1 N–H and O–H groups in total. The number of rotatable bonds is 4. The molecule has 20 heavy (non-hydrogen) atoms. The molecule has 0 radical (unpaired) electrons. The number of hydrogen-bond acceptors (Lipinski definition) is 2. The minimum Gasteiger partial charge on any atom is -0.294 e. The van der Waals surface area contributed by atoms with Crippen LogP contribution in [0.3, 0.4) is 0 Å². The summed E-state index contributed by atoms with van der Waals surface area (Å²) in [5.74, 6) is 0. The van der Waals surface area contributed by atoms with Crippen molar-refractivity contribution in [3.8, 4) is 0 Å².